The molecule has 0 fully saturated rings. The van der Waals surface area contributed by atoms with Gasteiger partial charge >= 0.3 is 0 Å². The predicted molar refractivity (Wildman–Crippen MR) is 80.8 cm³/mol. The number of hydrogen-bond donors (Lipinski definition) is 2. The van der Waals surface area contributed by atoms with Crippen LogP contribution in [0.4, 0.5) is 5.69 Å². The van der Waals surface area contributed by atoms with Crippen molar-refractivity contribution < 1.29 is 14.5 Å². The van der Waals surface area contributed by atoms with E-state index in [4.69, 9.17) is 0 Å². The Kier molecular flexibility index (Phi) is 4.36. The van der Waals surface area contributed by atoms with Crippen LogP contribution in [0.5, 0.6) is 5.75 Å². The minimum absolute atomic E-state index is 0.125. The van der Waals surface area contributed by atoms with E-state index >= 15 is 0 Å². The van der Waals surface area contributed by atoms with E-state index < -0.39 is 0 Å². The zero-order valence-corrected chi connectivity index (χ0v) is 12.6. The number of anilines is 1. The molecule has 19 heavy (non-hydrogen) atoms. The van der Waals surface area contributed by atoms with Gasteiger partial charge in [0.1, 0.15) is 0 Å². The topological polar surface area (TPSA) is 53.2 Å². The first-order valence-electron chi connectivity index (χ1n) is 5.78. The minimum Gasteiger partial charge on any atom is -0.503 e. The SMILES string of the molecule is Cc1cc(I)ccc1NC(=O)C[n+]1cccc(O)c1. The Hall–Kier alpha value is -1.63. The number of halogens is 1. The van der Waals surface area contributed by atoms with Gasteiger partial charge in [0.05, 0.1) is 0 Å². The fourth-order valence-electron chi connectivity index (χ4n) is 1.73. The van der Waals surface area contributed by atoms with E-state index in [2.05, 4.69) is 27.9 Å². The van der Waals surface area contributed by atoms with Crippen LogP contribution in [-0.4, -0.2) is 11.0 Å². The second-order valence-corrected chi connectivity index (χ2v) is 5.49. The average molecular weight is 369 g/mol. The van der Waals surface area contributed by atoms with E-state index in [9.17, 15) is 9.90 Å². The van der Waals surface area contributed by atoms with Gasteiger partial charge < -0.3 is 10.4 Å². The first-order valence-corrected chi connectivity index (χ1v) is 6.86. The monoisotopic (exact) mass is 369 g/mol. The third-order valence-electron chi connectivity index (χ3n) is 2.63. The molecule has 98 valence electrons. The molecule has 0 aliphatic heterocycles. The number of amides is 1. The maximum Gasteiger partial charge on any atom is 0.290 e. The van der Waals surface area contributed by atoms with Gasteiger partial charge in [-0.1, -0.05) is 0 Å². The number of pyridine rings is 1. The number of rotatable bonds is 3. The molecule has 4 nitrogen and oxygen atoms in total. The molecule has 2 N–H and O–H groups in total. The number of benzene rings is 1. The Morgan fingerprint density at radius 2 is 2.21 bits per heavy atom. The lowest BCUT2D eigenvalue weighted by atomic mass is 10.2. The van der Waals surface area contributed by atoms with E-state index in [1.807, 2.05) is 25.1 Å². The highest BCUT2D eigenvalue weighted by molar-refractivity contribution is 14.1. The maximum atomic E-state index is 11.9. The number of hydrogen-bond acceptors (Lipinski definition) is 2. The summed E-state index contributed by atoms with van der Waals surface area (Å²) in [5.41, 5.74) is 1.84. The van der Waals surface area contributed by atoms with Gasteiger partial charge in [-0.2, -0.15) is 4.57 Å². The summed E-state index contributed by atoms with van der Waals surface area (Å²) in [6.07, 6.45) is 3.25. The lowest BCUT2D eigenvalue weighted by Crippen LogP contribution is -2.39. The molecule has 0 saturated carbocycles. The summed E-state index contributed by atoms with van der Waals surface area (Å²) in [5.74, 6) is 0.0145. The molecule has 1 aromatic carbocycles. The standard InChI is InChI=1S/C14H13IN2O2/c1-10-7-11(15)4-5-13(10)16-14(19)9-17-6-2-3-12(18)8-17/h2-8H,9H2,1H3,(H-,16,18,19)/p+1. The first-order chi connectivity index (χ1) is 9.04. The van der Waals surface area contributed by atoms with Crippen molar-refractivity contribution in [3.05, 3.63) is 51.9 Å². The lowest BCUT2D eigenvalue weighted by Gasteiger charge is -2.07. The van der Waals surface area contributed by atoms with Crippen molar-refractivity contribution in [3.8, 4) is 5.75 Å². The Labute approximate surface area is 125 Å². The molecule has 0 spiro atoms. The van der Waals surface area contributed by atoms with Gasteiger partial charge in [0, 0.05) is 15.3 Å². The maximum absolute atomic E-state index is 11.9. The number of nitrogens with one attached hydrogen (secondary N) is 1. The van der Waals surface area contributed by atoms with Crippen molar-refractivity contribution in [2.24, 2.45) is 0 Å². The summed E-state index contributed by atoms with van der Waals surface area (Å²) < 4.78 is 2.77. The Bertz CT molecular complexity index is 614. The molecule has 0 radical (unpaired) electrons. The fraction of sp³-hybridized carbons (Fsp3) is 0.143. The molecule has 5 heteroatoms. The molecule has 0 aliphatic rings. The molecule has 2 aromatic rings. The smallest absolute Gasteiger partial charge is 0.290 e. The van der Waals surface area contributed by atoms with Crippen molar-refractivity contribution in [1.29, 1.82) is 0 Å². The van der Waals surface area contributed by atoms with Crippen LogP contribution < -0.4 is 9.88 Å². The first kappa shape index (κ1) is 13.8. The quantitative estimate of drug-likeness (QED) is 0.644. The zero-order chi connectivity index (χ0) is 13.8. The number of carbonyl (C=O) groups is 1. The van der Waals surface area contributed by atoms with E-state index in [1.54, 1.807) is 22.9 Å². The van der Waals surface area contributed by atoms with Gasteiger partial charge in [0.15, 0.2) is 11.9 Å². The molecular formula is C14H14IN2O2+. The highest BCUT2D eigenvalue weighted by Gasteiger charge is 2.11. The van der Waals surface area contributed by atoms with Gasteiger partial charge in [-0.05, 0) is 59.3 Å². The highest BCUT2D eigenvalue weighted by atomic mass is 127. The summed E-state index contributed by atoms with van der Waals surface area (Å²) in [5, 5.41) is 12.2. The van der Waals surface area contributed by atoms with Crippen LogP contribution >= 0.6 is 22.6 Å². The number of nitrogens with zero attached hydrogens (tertiary/aromatic N) is 1. The van der Waals surface area contributed by atoms with Crippen molar-refractivity contribution >= 4 is 34.2 Å². The molecule has 0 bridgehead atoms. The highest BCUT2D eigenvalue weighted by Crippen LogP contribution is 2.17. The Morgan fingerprint density at radius 3 is 2.89 bits per heavy atom. The van der Waals surface area contributed by atoms with E-state index in [-0.39, 0.29) is 18.2 Å². The van der Waals surface area contributed by atoms with Crippen LogP contribution in [0.25, 0.3) is 0 Å². The number of carbonyl (C=O) groups excluding carboxylic acids is 1. The third kappa shape index (κ3) is 3.92. The Balaban J connectivity index is 2.05. The van der Waals surface area contributed by atoms with Gasteiger partial charge in [0.25, 0.3) is 5.91 Å². The summed E-state index contributed by atoms with van der Waals surface area (Å²) in [6.45, 7) is 2.12. The van der Waals surface area contributed by atoms with E-state index in [1.165, 1.54) is 6.20 Å². The summed E-state index contributed by atoms with van der Waals surface area (Å²) >= 11 is 2.23. The van der Waals surface area contributed by atoms with Crippen LogP contribution in [0.3, 0.4) is 0 Å². The van der Waals surface area contributed by atoms with Crippen molar-refractivity contribution in [2.45, 2.75) is 13.5 Å². The molecule has 0 saturated heterocycles. The molecule has 1 heterocycles. The zero-order valence-electron chi connectivity index (χ0n) is 10.4. The second kappa shape index (κ2) is 6.01. The molecule has 0 aliphatic carbocycles. The third-order valence-corrected chi connectivity index (χ3v) is 3.30. The van der Waals surface area contributed by atoms with Crippen molar-refractivity contribution in [3.63, 3.8) is 0 Å². The summed E-state index contributed by atoms with van der Waals surface area (Å²) in [7, 11) is 0. The molecule has 1 aromatic heterocycles. The predicted octanol–water partition coefficient (Wildman–Crippen LogP) is 2.23. The van der Waals surface area contributed by atoms with Crippen LogP contribution in [0, 0.1) is 10.5 Å². The van der Waals surface area contributed by atoms with Gasteiger partial charge in [-0.15, -0.1) is 0 Å². The number of aromatic nitrogens is 1. The second-order valence-electron chi connectivity index (χ2n) is 4.24. The summed E-state index contributed by atoms with van der Waals surface area (Å²) in [6, 6.07) is 9.11. The number of aryl methyl sites for hydroxylation is 1. The van der Waals surface area contributed by atoms with Gasteiger partial charge in [-0.25, -0.2) is 0 Å². The van der Waals surface area contributed by atoms with Gasteiger partial charge in [0.2, 0.25) is 12.7 Å². The van der Waals surface area contributed by atoms with Crippen molar-refractivity contribution in [1.82, 2.24) is 0 Å². The minimum atomic E-state index is -0.125. The van der Waals surface area contributed by atoms with Crippen LogP contribution in [0.1, 0.15) is 5.56 Å². The average Bonchev–Trinajstić information content (AvgIpc) is 2.33. The number of aromatic hydroxyl groups is 1. The largest absolute Gasteiger partial charge is 0.503 e. The fourth-order valence-corrected chi connectivity index (χ4v) is 2.38. The van der Waals surface area contributed by atoms with Crippen LogP contribution in [0.2, 0.25) is 0 Å². The molecule has 0 atom stereocenters. The van der Waals surface area contributed by atoms with E-state index in [0.29, 0.717) is 0 Å². The molecular weight excluding hydrogens is 355 g/mol. The van der Waals surface area contributed by atoms with Crippen molar-refractivity contribution in [2.75, 3.05) is 5.32 Å². The summed E-state index contributed by atoms with van der Waals surface area (Å²) in [4.78, 5) is 11.9. The van der Waals surface area contributed by atoms with Crippen LogP contribution in [-0.2, 0) is 11.3 Å². The molecule has 2 rings (SSSR count). The lowest BCUT2D eigenvalue weighted by molar-refractivity contribution is -0.684. The normalized spacial score (nSPS) is 10.2. The molecule has 1 amide bonds. The van der Waals surface area contributed by atoms with E-state index in [0.717, 1.165) is 14.8 Å². The van der Waals surface area contributed by atoms with Crippen LogP contribution in [0.15, 0.2) is 42.7 Å². The Morgan fingerprint density at radius 1 is 1.42 bits per heavy atom. The van der Waals surface area contributed by atoms with Gasteiger partial charge in [-0.3, -0.25) is 4.79 Å². The molecule has 0 unspecified atom stereocenters.